The number of aromatic nitrogens is 2. The maximum absolute atomic E-state index is 15.2. The van der Waals surface area contributed by atoms with E-state index in [-0.39, 0.29) is 22.8 Å². The zero-order chi connectivity index (χ0) is 37.6. The van der Waals surface area contributed by atoms with Crippen molar-refractivity contribution in [3.05, 3.63) is 112 Å². The number of methoxy groups -OCH3 is 1. The summed E-state index contributed by atoms with van der Waals surface area (Å²) in [6.45, 7) is 5.62. The number of amides is 1. The molecule has 0 bridgehead atoms. The Morgan fingerprint density at radius 3 is 2.44 bits per heavy atom. The minimum Gasteiger partial charge on any atom is -0.493 e. The lowest BCUT2D eigenvalue weighted by Crippen LogP contribution is -2.33. The Morgan fingerprint density at radius 2 is 1.70 bits per heavy atom. The molecule has 3 N–H and O–H groups in total. The molecule has 3 aromatic carbocycles. The van der Waals surface area contributed by atoms with E-state index in [1.807, 2.05) is 41.0 Å². The number of nitrogen functional groups attached to an aromatic ring is 1. The second-order valence-electron chi connectivity index (χ2n) is 13.6. The number of anilines is 2. The summed E-state index contributed by atoms with van der Waals surface area (Å²) in [6, 6.07) is 19.4. The van der Waals surface area contributed by atoms with Gasteiger partial charge in [0.25, 0.3) is 5.91 Å². The van der Waals surface area contributed by atoms with Crippen LogP contribution in [0.15, 0.2) is 90.1 Å². The quantitative estimate of drug-likeness (QED) is 0.151. The van der Waals surface area contributed by atoms with E-state index in [0.717, 1.165) is 35.1 Å². The molecular weight excluding hydrogens is 691 g/mol. The number of nitrogens with two attached hydrogens (primary N) is 1. The van der Waals surface area contributed by atoms with Gasteiger partial charge in [-0.15, -0.1) is 0 Å². The zero-order valence-corrected chi connectivity index (χ0v) is 30.3. The molecule has 0 saturated carbocycles. The van der Waals surface area contributed by atoms with Gasteiger partial charge in [0.1, 0.15) is 29.9 Å². The van der Waals surface area contributed by atoms with Crippen molar-refractivity contribution in [2.45, 2.75) is 32.4 Å². The molecule has 0 aliphatic carbocycles. The van der Waals surface area contributed by atoms with Crippen molar-refractivity contribution in [2.24, 2.45) is 5.92 Å². The Balaban J connectivity index is 1.10. The molecule has 2 aromatic heterocycles. The minimum atomic E-state index is -0.591. The maximum atomic E-state index is 15.2. The Labute approximate surface area is 312 Å². The van der Waals surface area contributed by atoms with Crippen LogP contribution in [-0.4, -0.2) is 68.3 Å². The van der Waals surface area contributed by atoms with E-state index in [1.165, 1.54) is 6.07 Å². The highest BCUT2D eigenvalue weighted by atomic mass is 19.1. The zero-order valence-electron chi connectivity index (χ0n) is 30.3. The van der Waals surface area contributed by atoms with Crippen molar-refractivity contribution in [1.82, 2.24) is 9.55 Å². The number of nitrogens with one attached hydrogen (secondary N) is 1. The summed E-state index contributed by atoms with van der Waals surface area (Å²) in [6.07, 6.45) is 6.48. The average Bonchev–Trinajstić information content (AvgIpc) is 3.19. The first-order chi connectivity index (χ1) is 26.2. The molecule has 1 amide bonds. The van der Waals surface area contributed by atoms with Gasteiger partial charge in [0.2, 0.25) is 5.43 Å². The molecule has 0 spiro atoms. The van der Waals surface area contributed by atoms with Gasteiger partial charge in [0, 0.05) is 66.3 Å². The first kappa shape index (κ1) is 36.8. The molecule has 2 saturated heterocycles. The Bertz CT molecular complexity index is 2180. The lowest BCUT2D eigenvalue weighted by Gasteiger charge is -2.23. The highest BCUT2D eigenvalue weighted by Gasteiger charge is 2.22. The number of rotatable bonds is 11. The summed E-state index contributed by atoms with van der Waals surface area (Å²) in [5.41, 5.74) is 10.4. The third kappa shape index (κ3) is 8.46. The molecule has 12 heteroatoms. The molecule has 2 aliphatic heterocycles. The number of carbonyl (C=O) groups excluding carboxylic acids is 1. The fourth-order valence-electron chi connectivity index (χ4n) is 6.73. The number of halogens is 1. The molecule has 280 valence electrons. The largest absolute Gasteiger partial charge is 0.493 e. The van der Waals surface area contributed by atoms with Crippen molar-refractivity contribution in [2.75, 3.05) is 57.8 Å². The summed E-state index contributed by atoms with van der Waals surface area (Å²) in [5.74, 6) is 0.682. The van der Waals surface area contributed by atoms with Gasteiger partial charge in [-0.2, -0.15) is 0 Å². The van der Waals surface area contributed by atoms with Crippen molar-refractivity contribution in [1.29, 1.82) is 0 Å². The Kier molecular flexibility index (Phi) is 11.3. The number of carbonyl (C=O) groups is 1. The first-order valence-corrected chi connectivity index (χ1v) is 18.0. The van der Waals surface area contributed by atoms with Gasteiger partial charge < -0.3 is 39.3 Å². The molecular formula is C42H43FN4O7. The fourth-order valence-corrected chi connectivity index (χ4v) is 6.73. The van der Waals surface area contributed by atoms with E-state index in [1.54, 1.807) is 56.9 Å². The lowest BCUT2D eigenvalue weighted by atomic mass is 9.99. The van der Waals surface area contributed by atoms with Crippen LogP contribution in [0.5, 0.6) is 11.5 Å². The molecule has 1 atom stereocenters. The van der Waals surface area contributed by atoms with E-state index in [4.69, 9.17) is 29.4 Å². The molecule has 5 aromatic rings. The van der Waals surface area contributed by atoms with Crippen LogP contribution in [0.25, 0.3) is 33.4 Å². The van der Waals surface area contributed by atoms with Gasteiger partial charge in [-0.25, -0.2) is 9.37 Å². The molecule has 2 fully saturated rings. The number of pyridine rings is 2. The predicted molar refractivity (Wildman–Crippen MR) is 204 cm³/mol. The van der Waals surface area contributed by atoms with Crippen molar-refractivity contribution < 1.29 is 32.9 Å². The molecule has 54 heavy (non-hydrogen) atoms. The second-order valence-corrected chi connectivity index (χ2v) is 13.6. The van der Waals surface area contributed by atoms with Crippen molar-refractivity contribution in [3.8, 4) is 44.9 Å². The average molecular weight is 735 g/mol. The standard InChI is InChI=1S/C42H43FN4O7/c1-26-3-9-33(37(43)17-26)35-22-47(21-27-11-13-51-14-12-27)23-36(40(35)48)42(49)46-31-7-4-28(5-8-31)34-18-30(20-45-41(34)44)29-6-10-38(39(19-29)50-2)54-25-32-24-52-15-16-53-32/h3-10,17-20,22-23,27,32H,11-16,21,24-25H2,1-2H3,(H2,44,45)(H,46,49)/t32-/m1/s1. The van der Waals surface area contributed by atoms with E-state index >= 15 is 4.39 Å². The van der Waals surface area contributed by atoms with Gasteiger partial charge in [0.15, 0.2) is 11.5 Å². The van der Waals surface area contributed by atoms with E-state index in [0.29, 0.717) is 80.7 Å². The van der Waals surface area contributed by atoms with Gasteiger partial charge in [-0.1, -0.05) is 30.3 Å². The lowest BCUT2D eigenvalue weighted by molar-refractivity contribution is -0.101. The number of ether oxygens (including phenoxy) is 5. The minimum absolute atomic E-state index is 0.0760. The molecule has 0 radical (unpaired) electrons. The number of aryl methyl sites for hydroxylation is 1. The van der Waals surface area contributed by atoms with Crippen molar-refractivity contribution in [3.63, 3.8) is 0 Å². The number of hydrogen-bond donors (Lipinski definition) is 2. The van der Waals surface area contributed by atoms with Crippen LogP contribution in [0.3, 0.4) is 0 Å². The third-order valence-corrected chi connectivity index (χ3v) is 9.73. The van der Waals surface area contributed by atoms with Crippen molar-refractivity contribution >= 4 is 17.4 Å². The number of hydrogen-bond acceptors (Lipinski definition) is 9. The topological polar surface area (TPSA) is 136 Å². The van der Waals surface area contributed by atoms with Gasteiger partial charge in [0.05, 0.1) is 26.9 Å². The van der Waals surface area contributed by atoms with E-state index in [9.17, 15) is 9.59 Å². The highest BCUT2D eigenvalue weighted by Crippen LogP contribution is 2.35. The summed E-state index contributed by atoms with van der Waals surface area (Å²) < 4.78 is 45.2. The molecule has 11 nitrogen and oxygen atoms in total. The van der Waals surface area contributed by atoms with Crippen LogP contribution in [0.4, 0.5) is 15.9 Å². The summed E-state index contributed by atoms with van der Waals surface area (Å²) in [7, 11) is 1.59. The van der Waals surface area contributed by atoms with E-state index < -0.39 is 17.2 Å². The fraction of sp³-hybridized carbons (Fsp3) is 0.310. The molecule has 2 aliphatic rings. The van der Waals surface area contributed by atoms with Gasteiger partial charge >= 0.3 is 0 Å². The van der Waals surface area contributed by atoms with Crippen LogP contribution in [0.1, 0.15) is 28.8 Å². The Hall–Kier alpha value is -5.56. The monoisotopic (exact) mass is 734 g/mol. The smallest absolute Gasteiger partial charge is 0.261 e. The Morgan fingerprint density at radius 1 is 0.907 bits per heavy atom. The summed E-state index contributed by atoms with van der Waals surface area (Å²) in [4.78, 5) is 31.9. The van der Waals surface area contributed by atoms with Crippen LogP contribution in [-0.2, 0) is 20.8 Å². The second kappa shape index (κ2) is 16.6. The third-order valence-electron chi connectivity index (χ3n) is 9.73. The van der Waals surface area contributed by atoms with Crippen LogP contribution in [0.2, 0.25) is 0 Å². The molecule has 4 heterocycles. The summed E-state index contributed by atoms with van der Waals surface area (Å²) >= 11 is 0. The SMILES string of the molecule is COc1cc(-c2cnc(N)c(-c3ccc(NC(=O)c4cn(CC5CCOCC5)cc(-c5ccc(C)cc5F)c4=O)cc3)c2)ccc1OC[C@H]1COCCO1. The maximum Gasteiger partial charge on any atom is 0.261 e. The van der Waals surface area contributed by atoms with Gasteiger partial charge in [-0.3, -0.25) is 9.59 Å². The predicted octanol–water partition coefficient (Wildman–Crippen LogP) is 6.76. The van der Waals surface area contributed by atoms with Crippen LogP contribution < -0.4 is 26.0 Å². The van der Waals surface area contributed by atoms with Gasteiger partial charge in [-0.05, 0) is 78.8 Å². The normalized spacial score (nSPS) is 16.2. The number of nitrogens with zero attached hydrogens (tertiary/aromatic N) is 2. The van der Waals surface area contributed by atoms with E-state index in [2.05, 4.69) is 10.3 Å². The highest BCUT2D eigenvalue weighted by molar-refractivity contribution is 6.04. The van der Waals surface area contributed by atoms with Crippen LogP contribution in [0, 0.1) is 18.7 Å². The molecule has 7 rings (SSSR count). The summed E-state index contributed by atoms with van der Waals surface area (Å²) in [5, 5.41) is 2.86. The number of benzene rings is 3. The molecule has 0 unspecified atom stereocenters. The van der Waals surface area contributed by atoms with Crippen LogP contribution >= 0.6 is 0 Å². The first-order valence-electron chi connectivity index (χ1n) is 18.0.